The maximum Gasteiger partial charge on any atom is 0.446 e. The summed E-state index contributed by atoms with van der Waals surface area (Å²) in [5.41, 5.74) is -3.47. The fourth-order valence-electron chi connectivity index (χ4n) is 4.45. The molecule has 0 atom stereocenters. The zero-order valence-electron chi connectivity index (χ0n) is 19.8. The van der Waals surface area contributed by atoms with Crippen LogP contribution in [0, 0.1) is 6.92 Å². The first-order valence-electron chi connectivity index (χ1n) is 11.9. The molecule has 0 saturated carbocycles. The Morgan fingerprint density at radius 1 is 1.09 bits per heavy atom. The molecule has 192 valence electrons. The Hall–Kier alpha value is -2.05. The average Bonchev–Trinajstić information content (AvgIpc) is 3.26. The van der Waals surface area contributed by atoms with Crippen LogP contribution < -0.4 is 10.2 Å². The molecule has 7 nitrogen and oxygen atoms in total. The molecule has 2 aromatic rings. The van der Waals surface area contributed by atoms with Gasteiger partial charge in [0.15, 0.2) is 0 Å². The van der Waals surface area contributed by atoms with Gasteiger partial charge in [-0.3, -0.25) is 9.69 Å². The predicted molar refractivity (Wildman–Crippen MR) is 134 cm³/mol. The van der Waals surface area contributed by atoms with Gasteiger partial charge < -0.3 is 15.1 Å². The summed E-state index contributed by atoms with van der Waals surface area (Å²) in [5, 5.41) is 13.7. The maximum absolute atomic E-state index is 12.7. The van der Waals surface area contributed by atoms with Crippen molar-refractivity contribution in [2.24, 2.45) is 0 Å². The van der Waals surface area contributed by atoms with Crippen molar-refractivity contribution in [2.45, 2.75) is 49.1 Å². The number of rotatable bonds is 8. The van der Waals surface area contributed by atoms with Gasteiger partial charge in [-0.15, -0.1) is 10.2 Å². The van der Waals surface area contributed by atoms with E-state index in [1.54, 1.807) is 23.5 Å². The predicted octanol–water partition coefficient (Wildman–Crippen LogP) is 4.46. The van der Waals surface area contributed by atoms with Gasteiger partial charge in [-0.1, -0.05) is 11.3 Å². The molecule has 0 aliphatic carbocycles. The topological polar surface area (TPSA) is 64.6 Å². The number of alkyl halides is 3. The lowest BCUT2D eigenvalue weighted by Crippen LogP contribution is -2.47. The van der Waals surface area contributed by atoms with Crippen LogP contribution in [0.3, 0.4) is 0 Å². The molecule has 1 amide bonds. The number of nitrogens with one attached hydrogen (secondary N) is 1. The number of hydrogen-bond donors (Lipinski definition) is 1. The summed E-state index contributed by atoms with van der Waals surface area (Å²) in [4.78, 5) is 19.5. The third kappa shape index (κ3) is 7.97. The van der Waals surface area contributed by atoms with E-state index in [2.05, 4.69) is 25.3 Å². The van der Waals surface area contributed by atoms with E-state index in [4.69, 9.17) is 0 Å². The second kappa shape index (κ2) is 11.8. The molecule has 2 fully saturated rings. The minimum absolute atomic E-state index is 0.107. The molecule has 35 heavy (non-hydrogen) atoms. The maximum atomic E-state index is 12.7. The van der Waals surface area contributed by atoms with E-state index in [-0.39, 0.29) is 28.6 Å². The van der Waals surface area contributed by atoms with Gasteiger partial charge in [0.2, 0.25) is 11.0 Å². The number of halogens is 3. The fraction of sp³-hybridized carbons (Fsp3) is 0.609. The Morgan fingerprint density at radius 2 is 1.77 bits per heavy atom. The second-order valence-corrected chi connectivity index (χ2v) is 11.2. The minimum Gasteiger partial charge on any atom is -0.382 e. The van der Waals surface area contributed by atoms with Crippen LogP contribution in [0.2, 0.25) is 0 Å². The number of hydrogen-bond acceptors (Lipinski definition) is 8. The lowest BCUT2D eigenvalue weighted by Gasteiger charge is -2.35. The first-order chi connectivity index (χ1) is 16.7. The van der Waals surface area contributed by atoms with Gasteiger partial charge >= 0.3 is 5.51 Å². The second-order valence-electron chi connectivity index (χ2n) is 8.91. The van der Waals surface area contributed by atoms with Crippen LogP contribution in [-0.4, -0.2) is 83.3 Å². The Morgan fingerprint density at radius 3 is 2.37 bits per heavy atom. The summed E-state index contributed by atoms with van der Waals surface area (Å²) in [6, 6.07) is 6.54. The fourth-order valence-corrected chi connectivity index (χ4v) is 5.73. The standard InChI is InChI=1S/C23H31F3N6OS2/c1-17-28-29-22(34-17)32-15-13-30(14-16-32)10-2-3-21(33)31-11-8-19(9-12-31)27-18-4-6-20(7-5-18)35-23(24,25)26/h4-7,19,27H,2-3,8-16H2,1H3. The van der Waals surface area contributed by atoms with E-state index in [0.717, 1.165) is 67.8 Å². The minimum atomic E-state index is -4.28. The van der Waals surface area contributed by atoms with Gasteiger partial charge in [-0.2, -0.15) is 13.2 Å². The average molecular weight is 529 g/mol. The van der Waals surface area contributed by atoms with Crippen LogP contribution in [0.4, 0.5) is 24.0 Å². The Labute approximate surface area is 212 Å². The summed E-state index contributed by atoms with van der Waals surface area (Å²) in [6.07, 6.45) is 3.08. The molecular weight excluding hydrogens is 497 g/mol. The zero-order valence-corrected chi connectivity index (χ0v) is 21.4. The number of anilines is 2. The summed E-state index contributed by atoms with van der Waals surface area (Å²) >= 11 is 1.52. The quantitative estimate of drug-likeness (QED) is 0.508. The number of thioether (sulfide) groups is 1. The lowest BCUT2D eigenvalue weighted by atomic mass is 10.0. The Balaban J connectivity index is 1.11. The van der Waals surface area contributed by atoms with E-state index < -0.39 is 5.51 Å². The van der Waals surface area contributed by atoms with Crippen molar-refractivity contribution < 1.29 is 18.0 Å². The van der Waals surface area contributed by atoms with Gasteiger partial charge in [0.05, 0.1) is 0 Å². The van der Waals surface area contributed by atoms with Crippen molar-refractivity contribution in [1.29, 1.82) is 0 Å². The summed E-state index contributed by atoms with van der Waals surface area (Å²) < 4.78 is 37.4. The largest absolute Gasteiger partial charge is 0.446 e. The molecule has 4 rings (SSSR count). The number of aryl methyl sites for hydroxylation is 1. The van der Waals surface area contributed by atoms with Crippen LogP contribution in [0.25, 0.3) is 0 Å². The van der Waals surface area contributed by atoms with E-state index in [0.29, 0.717) is 19.5 Å². The normalized spacial score (nSPS) is 18.2. The zero-order chi connectivity index (χ0) is 24.8. The van der Waals surface area contributed by atoms with E-state index in [1.807, 2.05) is 11.8 Å². The van der Waals surface area contributed by atoms with Crippen molar-refractivity contribution in [3.8, 4) is 0 Å². The number of likely N-dealkylation sites (tertiary alicyclic amines) is 1. The Bertz CT molecular complexity index is 955. The van der Waals surface area contributed by atoms with Crippen LogP contribution in [-0.2, 0) is 4.79 Å². The molecule has 0 bridgehead atoms. The number of piperidine rings is 1. The van der Waals surface area contributed by atoms with E-state index in [9.17, 15) is 18.0 Å². The van der Waals surface area contributed by atoms with Crippen LogP contribution >= 0.6 is 23.1 Å². The van der Waals surface area contributed by atoms with Crippen molar-refractivity contribution in [3.63, 3.8) is 0 Å². The van der Waals surface area contributed by atoms with Crippen molar-refractivity contribution in [1.82, 2.24) is 20.0 Å². The Kier molecular flexibility index (Phi) is 8.77. The molecule has 0 unspecified atom stereocenters. The number of carbonyl (C=O) groups excluding carboxylic acids is 1. The highest BCUT2D eigenvalue weighted by Gasteiger charge is 2.29. The SMILES string of the molecule is Cc1nnc(N2CCN(CCCC(=O)N3CCC(Nc4ccc(SC(F)(F)F)cc4)CC3)CC2)s1. The summed E-state index contributed by atoms with van der Waals surface area (Å²) in [7, 11) is 0. The molecule has 1 aromatic carbocycles. The number of aromatic nitrogens is 2. The van der Waals surface area contributed by atoms with Gasteiger partial charge in [-0.25, -0.2) is 0 Å². The highest BCUT2D eigenvalue weighted by atomic mass is 32.2. The molecule has 2 aliphatic heterocycles. The third-order valence-electron chi connectivity index (χ3n) is 6.33. The highest BCUT2D eigenvalue weighted by Crippen LogP contribution is 2.37. The number of nitrogens with zero attached hydrogens (tertiary/aromatic N) is 5. The number of benzene rings is 1. The smallest absolute Gasteiger partial charge is 0.382 e. The monoisotopic (exact) mass is 528 g/mol. The molecule has 12 heteroatoms. The number of carbonyl (C=O) groups is 1. The van der Waals surface area contributed by atoms with Gasteiger partial charge in [0, 0.05) is 62.3 Å². The van der Waals surface area contributed by atoms with E-state index in [1.165, 1.54) is 12.1 Å². The first-order valence-corrected chi connectivity index (χ1v) is 13.6. The van der Waals surface area contributed by atoms with Crippen molar-refractivity contribution >= 4 is 39.8 Å². The van der Waals surface area contributed by atoms with Crippen LogP contribution in [0.1, 0.15) is 30.7 Å². The van der Waals surface area contributed by atoms with Crippen LogP contribution in [0.15, 0.2) is 29.2 Å². The summed E-state index contributed by atoms with van der Waals surface area (Å²) in [6.45, 7) is 8.13. The first kappa shape index (κ1) is 26.0. The number of piperazine rings is 1. The molecule has 0 radical (unpaired) electrons. The van der Waals surface area contributed by atoms with Gasteiger partial charge in [-0.05, 0) is 68.8 Å². The van der Waals surface area contributed by atoms with E-state index >= 15 is 0 Å². The molecule has 0 spiro atoms. The molecule has 3 heterocycles. The van der Waals surface area contributed by atoms with Crippen molar-refractivity contribution in [2.75, 3.05) is 56.0 Å². The van der Waals surface area contributed by atoms with Crippen molar-refractivity contribution in [3.05, 3.63) is 29.3 Å². The van der Waals surface area contributed by atoms with Gasteiger partial charge in [0.1, 0.15) is 5.01 Å². The molecular formula is C23H31F3N6OS2. The molecule has 1 aromatic heterocycles. The molecule has 2 saturated heterocycles. The van der Waals surface area contributed by atoms with Crippen LogP contribution in [0.5, 0.6) is 0 Å². The molecule has 1 N–H and O–H groups in total. The molecule has 2 aliphatic rings. The van der Waals surface area contributed by atoms with Gasteiger partial charge in [0.25, 0.3) is 0 Å². The number of amides is 1. The lowest BCUT2D eigenvalue weighted by molar-refractivity contribution is -0.132. The summed E-state index contributed by atoms with van der Waals surface area (Å²) in [5.74, 6) is 0.208. The highest BCUT2D eigenvalue weighted by molar-refractivity contribution is 8.00. The third-order valence-corrected chi connectivity index (χ3v) is 7.97.